The lowest BCUT2D eigenvalue weighted by Gasteiger charge is -2.02. The van der Waals surface area contributed by atoms with Gasteiger partial charge in [0.15, 0.2) is 0 Å². The highest BCUT2D eigenvalue weighted by atomic mass is 35.5. The standard InChI is InChI=1S/C18H12Cl2N4OS2/c19-12-5-4-11(14(20)7-12)9-26-18-22-13(10-27-18)8-16-23-17(24-25-16)15-3-1-2-6-21-15/h1-7,10H,8-9H2. The van der Waals surface area contributed by atoms with Crippen molar-refractivity contribution in [2.75, 3.05) is 0 Å². The Labute approximate surface area is 173 Å². The first kappa shape index (κ1) is 18.4. The van der Waals surface area contributed by atoms with E-state index in [2.05, 4.69) is 20.1 Å². The van der Waals surface area contributed by atoms with E-state index in [9.17, 15) is 0 Å². The Kier molecular flexibility index (Phi) is 5.73. The number of pyridine rings is 1. The Hall–Kier alpha value is -1.93. The number of nitrogens with zero attached hydrogens (tertiary/aromatic N) is 4. The average Bonchev–Trinajstić information content (AvgIpc) is 3.32. The highest BCUT2D eigenvalue weighted by Crippen LogP contribution is 2.30. The second kappa shape index (κ2) is 8.39. The number of halogens is 2. The van der Waals surface area contributed by atoms with Crippen molar-refractivity contribution in [2.24, 2.45) is 0 Å². The van der Waals surface area contributed by atoms with E-state index in [1.807, 2.05) is 35.7 Å². The second-order valence-corrected chi connectivity index (χ2v) is 8.46. The summed E-state index contributed by atoms with van der Waals surface area (Å²) in [7, 11) is 0. The molecule has 0 fully saturated rings. The minimum Gasteiger partial charge on any atom is -0.338 e. The van der Waals surface area contributed by atoms with Gasteiger partial charge >= 0.3 is 0 Å². The molecule has 5 nitrogen and oxygen atoms in total. The molecular weight excluding hydrogens is 423 g/mol. The third-order valence-electron chi connectivity index (χ3n) is 3.59. The summed E-state index contributed by atoms with van der Waals surface area (Å²) in [5.41, 5.74) is 2.60. The molecule has 27 heavy (non-hydrogen) atoms. The minimum atomic E-state index is 0.479. The zero-order valence-corrected chi connectivity index (χ0v) is 16.9. The monoisotopic (exact) mass is 434 g/mol. The van der Waals surface area contributed by atoms with E-state index in [0.717, 1.165) is 21.3 Å². The van der Waals surface area contributed by atoms with Crippen LogP contribution in [-0.4, -0.2) is 20.1 Å². The van der Waals surface area contributed by atoms with Crippen molar-refractivity contribution in [3.63, 3.8) is 0 Å². The second-order valence-electron chi connectivity index (χ2n) is 5.53. The summed E-state index contributed by atoms with van der Waals surface area (Å²) >= 11 is 15.4. The van der Waals surface area contributed by atoms with Gasteiger partial charge in [-0.05, 0) is 29.8 Å². The number of thiazole rings is 1. The third-order valence-corrected chi connectivity index (χ3v) is 6.30. The first-order valence-electron chi connectivity index (χ1n) is 7.92. The maximum atomic E-state index is 6.21. The number of hydrogen-bond donors (Lipinski definition) is 0. The van der Waals surface area contributed by atoms with Gasteiger partial charge in [-0.1, -0.05) is 52.3 Å². The molecule has 0 radical (unpaired) electrons. The summed E-state index contributed by atoms with van der Waals surface area (Å²) in [5.74, 6) is 1.72. The number of benzene rings is 1. The van der Waals surface area contributed by atoms with Crippen molar-refractivity contribution in [1.82, 2.24) is 20.1 Å². The van der Waals surface area contributed by atoms with E-state index in [-0.39, 0.29) is 0 Å². The molecule has 0 unspecified atom stereocenters. The normalized spacial score (nSPS) is 11.0. The van der Waals surface area contributed by atoms with E-state index in [1.54, 1.807) is 35.4 Å². The van der Waals surface area contributed by atoms with Gasteiger partial charge in [0.05, 0.1) is 12.1 Å². The molecule has 0 aliphatic rings. The van der Waals surface area contributed by atoms with Crippen LogP contribution in [0.2, 0.25) is 10.0 Å². The van der Waals surface area contributed by atoms with Gasteiger partial charge < -0.3 is 4.52 Å². The molecule has 0 aliphatic carbocycles. The van der Waals surface area contributed by atoms with Crippen molar-refractivity contribution >= 4 is 46.3 Å². The van der Waals surface area contributed by atoms with Gasteiger partial charge in [-0.15, -0.1) is 11.3 Å². The van der Waals surface area contributed by atoms with Gasteiger partial charge in [0, 0.05) is 27.4 Å². The number of rotatable bonds is 6. The van der Waals surface area contributed by atoms with Crippen LogP contribution in [0.15, 0.2) is 56.8 Å². The van der Waals surface area contributed by atoms with E-state index < -0.39 is 0 Å². The predicted octanol–water partition coefficient (Wildman–Crippen LogP) is 5.78. The minimum absolute atomic E-state index is 0.479. The molecule has 3 heterocycles. The fourth-order valence-corrected chi connectivity index (χ4v) is 4.70. The fraction of sp³-hybridized carbons (Fsp3) is 0.111. The molecule has 4 rings (SSSR count). The zero-order chi connectivity index (χ0) is 18.6. The van der Waals surface area contributed by atoms with E-state index in [0.29, 0.717) is 33.9 Å². The summed E-state index contributed by atoms with van der Waals surface area (Å²) in [6.45, 7) is 0. The van der Waals surface area contributed by atoms with E-state index in [4.69, 9.17) is 27.7 Å². The van der Waals surface area contributed by atoms with Gasteiger partial charge in [-0.2, -0.15) is 4.98 Å². The highest BCUT2D eigenvalue weighted by molar-refractivity contribution is 8.00. The molecule has 0 aliphatic heterocycles. The molecule has 0 N–H and O–H groups in total. The molecule has 4 aromatic rings. The highest BCUT2D eigenvalue weighted by Gasteiger charge is 2.12. The Bertz CT molecular complexity index is 1050. The Morgan fingerprint density at radius 1 is 1.11 bits per heavy atom. The van der Waals surface area contributed by atoms with Gasteiger partial charge in [0.1, 0.15) is 10.0 Å². The summed E-state index contributed by atoms with van der Waals surface area (Å²) in [6, 6.07) is 11.1. The van der Waals surface area contributed by atoms with Crippen LogP contribution in [0.5, 0.6) is 0 Å². The van der Waals surface area contributed by atoms with Crippen LogP contribution in [0.1, 0.15) is 17.1 Å². The third kappa shape index (κ3) is 4.68. The fourth-order valence-electron chi connectivity index (χ4n) is 2.29. The van der Waals surface area contributed by atoms with Crippen molar-refractivity contribution in [3.8, 4) is 11.5 Å². The lowest BCUT2D eigenvalue weighted by Crippen LogP contribution is -1.90. The summed E-state index contributed by atoms with van der Waals surface area (Å²) in [6.07, 6.45) is 2.18. The van der Waals surface area contributed by atoms with E-state index in [1.165, 1.54) is 0 Å². The smallest absolute Gasteiger partial charge is 0.233 e. The van der Waals surface area contributed by atoms with Gasteiger partial charge in [-0.25, -0.2) is 4.98 Å². The lowest BCUT2D eigenvalue weighted by atomic mass is 10.2. The van der Waals surface area contributed by atoms with Crippen molar-refractivity contribution in [2.45, 2.75) is 16.5 Å². The van der Waals surface area contributed by atoms with Gasteiger partial charge in [0.2, 0.25) is 11.7 Å². The van der Waals surface area contributed by atoms with Crippen molar-refractivity contribution in [1.29, 1.82) is 0 Å². The zero-order valence-electron chi connectivity index (χ0n) is 13.8. The van der Waals surface area contributed by atoms with Crippen LogP contribution in [-0.2, 0) is 12.2 Å². The van der Waals surface area contributed by atoms with Gasteiger partial charge in [-0.3, -0.25) is 4.98 Å². The maximum Gasteiger partial charge on any atom is 0.233 e. The average molecular weight is 435 g/mol. The Morgan fingerprint density at radius 3 is 2.85 bits per heavy atom. The molecule has 0 atom stereocenters. The van der Waals surface area contributed by atoms with E-state index >= 15 is 0 Å². The molecule has 0 bridgehead atoms. The largest absolute Gasteiger partial charge is 0.338 e. The first-order chi connectivity index (χ1) is 13.2. The van der Waals surface area contributed by atoms with Crippen LogP contribution < -0.4 is 0 Å². The van der Waals surface area contributed by atoms with Crippen LogP contribution in [0.25, 0.3) is 11.5 Å². The van der Waals surface area contributed by atoms with Crippen LogP contribution in [0.3, 0.4) is 0 Å². The topological polar surface area (TPSA) is 64.7 Å². The molecule has 136 valence electrons. The summed E-state index contributed by atoms with van der Waals surface area (Å²) < 4.78 is 6.27. The number of aromatic nitrogens is 4. The molecule has 1 aromatic carbocycles. The predicted molar refractivity (Wildman–Crippen MR) is 108 cm³/mol. The van der Waals surface area contributed by atoms with Crippen LogP contribution in [0.4, 0.5) is 0 Å². The summed E-state index contributed by atoms with van der Waals surface area (Å²) in [5, 5.41) is 7.28. The van der Waals surface area contributed by atoms with Crippen LogP contribution in [0, 0.1) is 0 Å². The molecule has 0 saturated carbocycles. The molecular formula is C18H12Cl2N4OS2. The molecule has 0 spiro atoms. The SMILES string of the molecule is Clc1ccc(CSc2nc(Cc3nc(-c4ccccn4)no3)cs2)c(Cl)c1. The van der Waals surface area contributed by atoms with Gasteiger partial charge in [0.25, 0.3) is 0 Å². The first-order valence-corrected chi connectivity index (χ1v) is 10.5. The van der Waals surface area contributed by atoms with Crippen molar-refractivity contribution < 1.29 is 4.52 Å². The van der Waals surface area contributed by atoms with Crippen LogP contribution >= 0.6 is 46.3 Å². The Balaban J connectivity index is 1.39. The number of hydrogen-bond acceptors (Lipinski definition) is 7. The molecule has 9 heteroatoms. The lowest BCUT2D eigenvalue weighted by molar-refractivity contribution is 0.385. The van der Waals surface area contributed by atoms with Crippen molar-refractivity contribution in [3.05, 3.63) is 75.2 Å². The Morgan fingerprint density at radius 2 is 2.04 bits per heavy atom. The summed E-state index contributed by atoms with van der Waals surface area (Å²) in [4.78, 5) is 13.2. The number of thioether (sulfide) groups is 1. The quantitative estimate of drug-likeness (QED) is 0.358. The molecule has 3 aromatic heterocycles. The molecule has 0 saturated heterocycles. The molecule has 0 amide bonds. The maximum absolute atomic E-state index is 6.21.